The summed E-state index contributed by atoms with van der Waals surface area (Å²) in [4.78, 5) is 5.42. The Labute approximate surface area is 100 Å². The van der Waals surface area contributed by atoms with Crippen molar-refractivity contribution < 1.29 is 0 Å². The first-order valence-corrected chi connectivity index (χ1v) is 7.09. The second-order valence-corrected chi connectivity index (χ2v) is 6.21. The fraction of sp³-hybridized carbons (Fsp3) is 0.750. The number of nitrogens with one attached hydrogen (secondary N) is 1. The van der Waals surface area contributed by atoms with Crippen LogP contribution in [0.5, 0.6) is 0 Å². The Bertz CT molecular complexity index is 338. The molecule has 2 fully saturated rings. The fourth-order valence-electron chi connectivity index (χ4n) is 3.63. The predicted octanol–water partition coefficient (Wildman–Crippen LogP) is 2.47. The lowest BCUT2D eigenvalue weighted by Crippen LogP contribution is -2.30. The molecule has 0 amide bonds. The standard InChI is InChI=1S/C12H19N3S/c13-15-11(12-6-14-7-16-12)5-10-4-8-1-2-9(10)3-8/h6-11,15H,1-5,13H2. The zero-order valence-electron chi connectivity index (χ0n) is 9.43. The number of thiazole rings is 1. The minimum absolute atomic E-state index is 0.317. The molecule has 1 aromatic rings. The molecule has 0 aliphatic heterocycles. The molecule has 1 heterocycles. The van der Waals surface area contributed by atoms with Crippen LogP contribution in [0.25, 0.3) is 0 Å². The maximum Gasteiger partial charge on any atom is 0.0794 e. The van der Waals surface area contributed by atoms with Crippen LogP contribution in [-0.2, 0) is 0 Å². The SMILES string of the molecule is NNC(CC1CC2CCC1C2)c1cncs1. The molecule has 1 aromatic heterocycles. The van der Waals surface area contributed by atoms with Gasteiger partial charge >= 0.3 is 0 Å². The van der Waals surface area contributed by atoms with Gasteiger partial charge in [0.2, 0.25) is 0 Å². The molecule has 88 valence electrons. The highest BCUT2D eigenvalue weighted by atomic mass is 32.1. The Balaban J connectivity index is 1.65. The van der Waals surface area contributed by atoms with E-state index in [1.165, 1.54) is 37.0 Å². The van der Waals surface area contributed by atoms with Gasteiger partial charge in [-0.15, -0.1) is 11.3 Å². The van der Waals surface area contributed by atoms with Crippen molar-refractivity contribution in [2.24, 2.45) is 23.6 Å². The van der Waals surface area contributed by atoms with Crippen LogP contribution in [0.1, 0.15) is 43.0 Å². The van der Waals surface area contributed by atoms with Crippen LogP contribution in [0.2, 0.25) is 0 Å². The maximum atomic E-state index is 5.67. The molecular formula is C12H19N3S. The van der Waals surface area contributed by atoms with E-state index in [2.05, 4.69) is 10.4 Å². The van der Waals surface area contributed by atoms with E-state index in [4.69, 9.17) is 5.84 Å². The molecule has 2 aliphatic rings. The molecule has 4 atom stereocenters. The van der Waals surface area contributed by atoms with E-state index in [9.17, 15) is 0 Å². The van der Waals surface area contributed by atoms with E-state index in [1.54, 1.807) is 11.3 Å². The second kappa shape index (κ2) is 4.43. The van der Waals surface area contributed by atoms with Crippen molar-refractivity contribution in [2.75, 3.05) is 0 Å². The number of fused-ring (bicyclic) bond motifs is 2. The smallest absolute Gasteiger partial charge is 0.0794 e. The first-order chi connectivity index (χ1) is 7.86. The van der Waals surface area contributed by atoms with Crippen LogP contribution in [0.3, 0.4) is 0 Å². The van der Waals surface area contributed by atoms with Crippen molar-refractivity contribution in [2.45, 2.75) is 38.1 Å². The molecule has 2 bridgehead atoms. The molecule has 0 spiro atoms. The van der Waals surface area contributed by atoms with Gasteiger partial charge in [-0.05, 0) is 43.4 Å². The number of hydrogen-bond donors (Lipinski definition) is 2. The maximum absolute atomic E-state index is 5.67. The van der Waals surface area contributed by atoms with Gasteiger partial charge in [0.1, 0.15) is 0 Å². The van der Waals surface area contributed by atoms with Crippen LogP contribution in [0, 0.1) is 17.8 Å². The van der Waals surface area contributed by atoms with E-state index in [0.29, 0.717) is 6.04 Å². The zero-order valence-corrected chi connectivity index (χ0v) is 10.2. The lowest BCUT2D eigenvalue weighted by atomic mass is 9.84. The largest absolute Gasteiger partial charge is 0.271 e. The van der Waals surface area contributed by atoms with Gasteiger partial charge in [-0.3, -0.25) is 16.3 Å². The quantitative estimate of drug-likeness (QED) is 0.625. The molecule has 3 rings (SSSR count). The third-order valence-electron chi connectivity index (χ3n) is 4.42. The second-order valence-electron chi connectivity index (χ2n) is 5.29. The van der Waals surface area contributed by atoms with Gasteiger partial charge < -0.3 is 0 Å². The minimum atomic E-state index is 0.317. The third-order valence-corrected chi connectivity index (χ3v) is 5.31. The van der Waals surface area contributed by atoms with Crippen LogP contribution in [-0.4, -0.2) is 4.98 Å². The molecule has 3 N–H and O–H groups in total. The van der Waals surface area contributed by atoms with E-state index in [1.807, 2.05) is 11.7 Å². The molecule has 2 aliphatic carbocycles. The summed E-state index contributed by atoms with van der Waals surface area (Å²) in [6, 6.07) is 0.317. The monoisotopic (exact) mass is 237 g/mol. The summed E-state index contributed by atoms with van der Waals surface area (Å²) in [6.45, 7) is 0. The Morgan fingerprint density at radius 1 is 1.50 bits per heavy atom. The molecule has 2 saturated carbocycles. The number of aromatic nitrogens is 1. The van der Waals surface area contributed by atoms with Gasteiger partial charge in [-0.1, -0.05) is 6.42 Å². The van der Waals surface area contributed by atoms with E-state index >= 15 is 0 Å². The van der Waals surface area contributed by atoms with Crippen molar-refractivity contribution in [3.63, 3.8) is 0 Å². The topological polar surface area (TPSA) is 50.9 Å². The molecular weight excluding hydrogens is 218 g/mol. The molecule has 0 aromatic carbocycles. The van der Waals surface area contributed by atoms with Crippen molar-refractivity contribution in [3.8, 4) is 0 Å². The summed E-state index contributed by atoms with van der Waals surface area (Å²) in [6.07, 6.45) is 8.98. The van der Waals surface area contributed by atoms with E-state index in [0.717, 1.165) is 17.8 Å². The summed E-state index contributed by atoms with van der Waals surface area (Å²) in [7, 11) is 0. The first kappa shape index (κ1) is 10.7. The average Bonchev–Trinajstić information content (AvgIpc) is 3.01. The molecule has 0 radical (unpaired) electrons. The molecule has 0 saturated heterocycles. The number of rotatable bonds is 4. The fourth-order valence-corrected chi connectivity index (χ4v) is 4.33. The summed E-state index contributed by atoms with van der Waals surface area (Å²) < 4.78 is 0. The predicted molar refractivity (Wildman–Crippen MR) is 65.7 cm³/mol. The Morgan fingerprint density at radius 2 is 2.44 bits per heavy atom. The van der Waals surface area contributed by atoms with Crippen LogP contribution in [0.15, 0.2) is 11.7 Å². The summed E-state index contributed by atoms with van der Waals surface area (Å²) in [5.41, 5.74) is 4.85. The van der Waals surface area contributed by atoms with Gasteiger partial charge in [-0.25, -0.2) is 0 Å². The van der Waals surface area contributed by atoms with Gasteiger partial charge in [0.15, 0.2) is 0 Å². The van der Waals surface area contributed by atoms with E-state index < -0.39 is 0 Å². The Kier molecular flexibility index (Phi) is 2.96. The lowest BCUT2D eigenvalue weighted by Gasteiger charge is -2.25. The highest BCUT2D eigenvalue weighted by molar-refractivity contribution is 7.09. The molecule has 4 unspecified atom stereocenters. The van der Waals surface area contributed by atoms with Crippen molar-refractivity contribution in [1.29, 1.82) is 0 Å². The van der Waals surface area contributed by atoms with Gasteiger partial charge in [0.05, 0.1) is 11.6 Å². The highest BCUT2D eigenvalue weighted by Crippen LogP contribution is 2.50. The van der Waals surface area contributed by atoms with Gasteiger partial charge in [0, 0.05) is 11.1 Å². The average molecular weight is 237 g/mol. The van der Waals surface area contributed by atoms with Gasteiger partial charge in [0.25, 0.3) is 0 Å². The van der Waals surface area contributed by atoms with Gasteiger partial charge in [-0.2, -0.15) is 0 Å². The van der Waals surface area contributed by atoms with Crippen LogP contribution < -0.4 is 11.3 Å². The summed E-state index contributed by atoms with van der Waals surface area (Å²) >= 11 is 1.71. The normalized spacial score (nSPS) is 34.4. The molecule has 16 heavy (non-hydrogen) atoms. The zero-order chi connectivity index (χ0) is 11.0. The van der Waals surface area contributed by atoms with E-state index in [-0.39, 0.29) is 0 Å². The summed E-state index contributed by atoms with van der Waals surface area (Å²) in [5.74, 6) is 8.56. The van der Waals surface area contributed by atoms with Crippen LogP contribution >= 0.6 is 11.3 Å². The third kappa shape index (κ3) is 1.90. The summed E-state index contributed by atoms with van der Waals surface area (Å²) in [5, 5.41) is 0. The minimum Gasteiger partial charge on any atom is -0.271 e. The number of nitrogens with two attached hydrogens (primary N) is 1. The Morgan fingerprint density at radius 3 is 3.00 bits per heavy atom. The number of nitrogens with zero attached hydrogens (tertiary/aromatic N) is 1. The Hall–Kier alpha value is -0.450. The molecule has 4 heteroatoms. The molecule has 3 nitrogen and oxygen atoms in total. The first-order valence-electron chi connectivity index (χ1n) is 6.21. The van der Waals surface area contributed by atoms with Crippen LogP contribution in [0.4, 0.5) is 0 Å². The van der Waals surface area contributed by atoms with Crippen molar-refractivity contribution in [1.82, 2.24) is 10.4 Å². The highest BCUT2D eigenvalue weighted by Gasteiger charge is 2.40. The number of hydrogen-bond acceptors (Lipinski definition) is 4. The van der Waals surface area contributed by atoms with Crippen molar-refractivity contribution >= 4 is 11.3 Å². The number of hydrazine groups is 1. The van der Waals surface area contributed by atoms with Crippen molar-refractivity contribution in [3.05, 3.63) is 16.6 Å². The lowest BCUT2D eigenvalue weighted by molar-refractivity contribution is 0.281.